The fourth-order valence-electron chi connectivity index (χ4n) is 3.38. The Balaban J connectivity index is 1.92. The van der Waals surface area contributed by atoms with Gasteiger partial charge in [-0.2, -0.15) is 0 Å². The van der Waals surface area contributed by atoms with Crippen molar-refractivity contribution in [3.63, 3.8) is 0 Å². The predicted molar refractivity (Wildman–Crippen MR) is 108 cm³/mol. The van der Waals surface area contributed by atoms with E-state index in [4.69, 9.17) is 9.47 Å². The quantitative estimate of drug-likeness (QED) is 0.552. The lowest BCUT2D eigenvalue weighted by Crippen LogP contribution is -2.46. The standard InChI is InChI=1S/C18H15F2IN4O3/c1-24-15-8(5-22-17-12(15)9(21)6-23-17)7-25(18(24)26)16-13(19)10(27-2)4-11(28-3)14(16)20/h4-6H,7H2,1-3H3,(H,22,23). The normalized spacial score (nSPS) is 13.9. The highest BCUT2D eigenvalue weighted by Gasteiger charge is 2.36. The largest absolute Gasteiger partial charge is 0.493 e. The average molecular weight is 500 g/mol. The fourth-order valence-corrected chi connectivity index (χ4v) is 4.04. The number of hydrogen-bond acceptors (Lipinski definition) is 4. The molecule has 0 fully saturated rings. The Morgan fingerprint density at radius 2 is 1.82 bits per heavy atom. The Morgan fingerprint density at radius 3 is 2.43 bits per heavy atom. The molecule has 3 heterocycles. The van der Waals surface area contributed by atoms with Crippen LogP contribution in [0.1, 0.15) is 5.56 Å². The van der Waals surface area contributed by atoms with Crippen molar-refractivity contribution in [3.05, 3.63) is 39.2 Å². The number of halogens is 3. The van der Waals surface area contributed by atoms with Gasteiger partial charge in [-0.05, 0) is 22.6 Å². The van der Waals surface area contributed by atoms with E-state index in [-0.39, 0.29) is 18.0 Å². The average Bonchev–Trinajstić information content (AvgIpc) is 3.06. The van der Waals surface area contributed by atoms with Crippen molar-refractivity contribution in [2.24, 2.45) is 0 Å². The van der Waals surface area contributed by atoms with Crippen molar-refractivity contribution in [1.82, 2.24) is 9.97 Å². The lowest BCUT2D eigenvalue weighted by molar-refractivity contribution is 0.250. The highest BCUT2D eigenvalue weighted by atomic mass is 127. The molecule has 0 unspecified atom stereocenters. The number of H-pyrrole nitrogens is 1. The first-order valence-electron chi connectivity index (χ1n) is 8.18. The van der Waals surface area contributed by atoms with Gasteiger partial charge in [0, 0.05) is 34.6 Å². The molecule has 28 heavy (non-hydrogen) atoms. The Morgan fingerprint density at radius 1 is 1.18 bits per heavy atom. The van der Waals surface area contributed by atoms with Crippen LogP contribution in [0.3, 0.4) is 0 Å². The predicted octanol–water partition coefficient (Wildman–Crippen LogP) is 4.04. The van der Waals surface area contributed by atoms with Crippen LogP contribution in [-0.2, 0) is 6.54 Å². The van der Waals surface area contributed by atoms with Crippen LogP contribution >= 0.6 is 22.6 Å². The monoisotopic (exact) mass is 500 g/mol. The van der Waals surface area contributed by atoms with Crippen LogP contribution in [0.5, 0.6) is 11.5 Å². The van der Waals surface area contributed by atoms with Crippen molar-refractivity contribution in [2.75, 3.05) is 31.1 Å². The number of anilines is 2. The molecule has 2 aromatic heterocycles. The molecule has 0 saturated carbocycles. The van der Waals surface area contributed by atoms with Gasteiger partial charge in [-0.25, -0.2) is 18.6 Å². The highest BCUT2D eigenvalue weighted by Crippen LogP contribution is 2.42. The molecule has 3 aromatic rings. The molecule has 1 aromatic carbocycles. The third-order valence-electron chi connectivity index (χ3n) is 4.70. The van der Waals surface area contributed by atoms with Crippen molar-refractivity contribution in [3.8, 4) is 11.5 Å². The number of methoxy groups -OCH3 is 2. The summed E-state index contributed by atoms with van der Waals surface area (Å²) in [5.41, 5.74) is 1.43. The molecule has 4 rings (SSSR count). The first-order chi connectivity index (χ1) is 13.4. The highest BCUT2D eigenvalue weighted by molar-refractivity contribution is 14.1. The summed E-state index contributed by atoms with van der Waals surface area (Å²) in [7, 11) is 4.07. The van der Waals surface area contributed by atoms with Gasteiger partial charge in [0.25, 0.3) is 0 Å². The number of rotatable bonds is 3. The van der Waals surface area contributed by atoms with E-state index in [0.717, 1.165) is 19.9 Å². The van der Waals surface area contributed by atoms with Crippen molar-refractivity contribution < 1.29 is 23.0 Å². The van der Waals surface area contributed by atoms with Crippen LogP contribution in [-0.4, -0.2) is 37.3 Å². The molecule has 0 atom stereocenters. The molecule has 0 aliphatic carbocycles. The summed E-state index contributed by atoms with van der Waals surface area (Å²) in [6.07, 6.45) is 3.38. The maximum absolute atomic E-state index is 14.9. The number of ether oxygens (including phenoxy) is 2. The van der Waals surface area contributed by atoms with Crippen molar-refractivity contribution in [1.29, 1.82) is 0 Å². The Labute approximate surface area is 172 Å². The van der Waals surface area contributed by atoms with E-state index >= 15 is 0 Å². The minimum atomic E-state index is -0.976. The summed E-state index contributed by atoms with van der Waals surface area (Å²) in [5, 5.41) is 0.790. The summed E-state index contributed by atoms with van der Waals surface area (Å²) in [6, 6.07) is 0.526. The molecule has 1 N–H and O–H groups in total. The number of pyridine rings is 1. The summed E-state index contributed by atoms with van der Waals surface area (Å²) in [6.45, 7) is -0.0487. The summed E-state index contributed by atoms with van der Waals surface area (Å²) in [5.74, 6) is -2.39. The molecule has 2 amide bonds. The van der Waals surface area contributed by atoms with Crippen LogP contribution in [0, 0.1) is 15.2 Å². The second kappa shape index (κ2) is 6.76. The number of nitrogens with zero attached hydrogens (tertiary/aromatic N) is 3. The number of urea groups is 1. The topological polar surface area (TPSA) is 70.7 Å². The molecule has 10 heteroatoms. The number of benzene rings is 1. The number of amides is 2. The lowest BCUT2D eigenvalue weighted by atomic mass is 10.1. The lowest BCUT2D eigenvalue weighted by Gasteiger charge is -2.35. The second-order valence-electron chi connectivity index (χ2n) is 6.18. The summed E-state index contributed by atoms with van der Waals surface area (Å²) < 4.78 is 40.7. The van der Waals surface area contributed by atoms with Gasteiger partial charge in [0.15, 0.2) is 23.1 Å². The SMILES string of the molecule is COc1cc(OC)c(F)c(N2Cc3cnc4[nH]cc(I)c4c3N(C)C2=O)c1F. The molecule has 0 spiro atoms. The van der Waals surface area contributed by atoms with Crippen molar-refractivity contribution >= 4 is 51.0 Å². The molecule has 1 aliphatic heterocycles. The third kappa shape index (κ3) is 2.58. The Hall–Kier alpha value is -2.63. The fraction of sp³-hybridized carbons (Fsp3) is 0.222. The van der Waals surface area contributed by atoms with Crippen LogP contribution < -0.4 is 19.3 Å². The van der Waals surface area contributed by atoms with Crippen molar-refractivity contribution in [2.45, 2.75) is 6.54 Å². The van der Waals surface area contributed by atoms with Crippen LogP contribution in [0.4, 0.5) is 25.0 Å². The number of nitrogens with one attached hydrogen (secondary N) is 1. The van der Waals surface area contributed by atoms with E-state index in [1.165, 1.54) is 19.1 Å². The molecule has 146 valence electrons. The zero-order valence-electron chi connectivity index (χ0n) is 15.1. The maximum Gasteiger partial charge on any atom is 0.329 e. The molecule has 0 bridgehead atoms. The van der Waals surface area contributed by atoms with E-state index < -0.39 is 23.4 Å². The second-order valence-corrected chi connectivity index (χ2v) is 7.34. The van der Waals surface area contributed by atoms with Gasteiger partial charge in [0.1, 0.15) is 11.3 Å². The number of fused-ring (bicyclic) bond motifs is 3. The maximum atomic E-state index is 14.9. The minimum Gasteiger partial charge on any atom is -0.493 e. The van der Waals surface area contributed by atoms with E-state index in [1.807, 2.05) is 0 Å². The van der Waals surface area contributed by atoms with Gasteiger partial charge in [-0.15, -0.1) is 0 Å². The first kappa shape index (κ1) is 18.7. The van der Waals surface area contributed by atoms with Crippen LogP contribution in [0.2, 0.25) is 0 Å². The molecule has 7 nitrogen and oxygen atoms in total. The minimum absolute atomic E-state index is 0.0487. The zero-order valence-corrected chi connectivity index (χ0v) is 17.3. The smallest absolute Gasteiger partial charge is 0.329 e. The van der Waals surface area contributed by atoms with Crippen LogP contribution in [0.25, 0.3) is 11.0 Å². The van der Waals surface area contributed by atoms with E-state index in [9.17, 15) is 13.6 Å². The molecule has 0 radical (unpaired) electrons. The van der Waals surface area contributed by atoms with Gasteiger partial charge in [0.2, 0.25) is 0 Å². The Bertz CT molecular complexity index is 1090. The van der Waals surface area contributed by atoms with Gasteiger partial charge in [-0.3, -0.25) is 9.80 Å². The van der Waals surface area contributed by atoms with Gasteiger partial charge >= 0.3 is 6.03 Å². The number of aromatic amines is 1. The molecule has 0 saturated heterocycles. The first-order valence-corrected chi connectivity index (χ1v) is 9.26. The number of hydrogen-bond donors (Lipinski definition) is 1. The van der Waals surface area contributed by atoms with E-state index in [1.54, 1.807) is 19.4 Å². The molecular formula is C18H15F2IN4O3. The van der Waals surface area contributed by atoms with Crippen LogP contribution in [0.15, 0.2) is 18.5 Å². The number of carbonyl (C=O) groups excluding carboxylic acids is 1. The molecular weight excluding hydrogens is 485 g/mol. The van der Waals surface area contributed by atoms with Gasteiger partial charge in [-0.1, -0.05) is 0 Å². The zero-order chi connectivity index (χ0) is 20.2. The van der Waals surface area contributed by atoms with Gasteiger partial charge < -0.3 is 14.5 Å². The Kier molecular flexibility index (Phi) is 4.52. The van der Waals surface area contributed by atoms with E-state index in [0.29, 0.717) is 16.9 Å². The molecule has 1 aliphatic rings. The number of aromatic nitrogens is 2. The number of carbonyl (C=O) groups is 1. The third-order valence-corrected chi connectivity index (χ3v) is 5.55. The van der Waals surface area contributed by atoms with Gasteiger partial charge in [0.05, 0.1) is 31.8 Å². The summed E-state index contributed by atoms with van der Waals surface area (Å²) >= 11 is 2.15. The van der Waals surface area contributed by atoms with E-state index in [2.05, 4.69) is 32.6 Å². The summed E-state index contributed by atoms with van der Waals surface area (Å²) in [4.78, 5) is 22.9.